The van der Waals surface area contributed by atoms with E-state index in [0.29, 0.717) is 28.8 Å². The molecule has 3 rings (SSSR count). The van der Waals surface area contributed by atoms with Crippen LogP contribution in [0.3, 0.4) is 0 Å². The molecule has 1 saturated heterocycles. The summed E-state index contributed by atoms with van der Waals surface area (Å²) in [6, 6.07) is 7.29. The van der Waals surface area contributed by atoms with Crippen molar-refractivity contribution in [2.45, 2.75) is 5.16 Å². The van der Waals surface area contributed by atoms with Gasteiger partial charge in [-0.2, -0.15) is 5.26 Å². The zero-order valence-corrected chi connectivity index (χ0v) is 16.7. The van der Waals surface area contributed by atoms with Crippen LogP contribution in [0.25, 0.3) is 11.3 Å². The van der Waals surface area contributed by atoms with Gasteiger partial charge in [0.15, 0.2) is 16.7 Å². The van der Waals surface area contributed by atoms with Crippen molar-refractivity contribution in [1.82, 2.24) is 14.9 Å². The smallest absolute Gasteiger partial charge is 0.270 e. The Kier molecular flexibility index (Phi) is 6.92. The summed E-state index contributed by atoms with van der Waals surface area (Å²) in [5.74, 6) is 0.996. The monoisotopic (exact) mass is 402 g/mol. The van der Waals surface area contributed by atoms with Gasteiger partial charge < -0.3 is 19.2 Å². The third-order valence-corrected chi connectivity index (χ3v) is 4.99. The number of rotatable bonds is 7. The van der Waals surface area contributed by atoms with Crippen molar-refractivity contribution in [2.75, 3.05) is 52.8 Å². The van der Waals surface area contributed by atoms with E-state index in [-0.39, 0.29) is 11.3 Å². The second kappa shape index (κ2) is 9.59. The summed E-state index contributed by atoms with van der Waals surface area (Å²) >= 11 is 1.30. The third kappa shape index (κ3) is 4.47. The van der Waals surface area contributed by atoms with E-state index in [4.69, 9.17) is 14.2 Å². The fourth-order valence-corrected chi connectivity index (χ4v) is 3.34. The summed E-state index contributed by atoms with van der Waals surface area (Å²) in [6.45, 7) is 4.36. The van der Waals surface area contributed by atoms with E-state index in [1.807, 2.05) is 6.07 Å². The van der Waals surface area contributed by atoms with Gasteiger partial charge in [-0.05, 0) is 18.4 Å². The van der Waals surface area contributed by atoms with Crippen molar-refractivity contribution in [2.24, 2.45) is 0 Å². The first-order valence-corrected chi connectivity index (χ1v) is 10.1. The number of ether oxygens (including phenoxy) is 3. The van der Waals surface area contributed by atoms with Gasteiger partial charge in [0.25, 0.3) is 5.56 Å². The van der Waals surface area contributed by atoms with Crippen molar-refractivity contribution in [3.63, 3.8) is 0 Å². The Morgan fingerprint density at radius 1 is 1.39 bits per heavy atom. The van der Waals surface area contributed by atoms with Gasteiger partial charge in [0, 0.05) is 25.2 Å². The largest absolute Gasteiger partial charge is 0.493 e. The molecule has 0 bridgehead atoms. The number of para-hydroxylation sites is 1. The van der Waals surface area contributed by atoms with Crippen LogP contribution in [-0.4, -0.2) is 67.7 Å². The van der Waals surface area contributed by atoms with Gasteiger partial charge in [-0.3, -0.25) is 9.69 Å². The number of hydrogen-bond donors (Lipinski definition) is 1. The van der Waals surface area contributed by atoms with E-state index in [0.717, 1.165) is 32.8 Å². The van der Waals surface area contributed by atoms with E-state index in [2.05, 4.69) is 14.9 Å². The molecule has 9 heteroatoms. The number of nitriles is 1. The van der Waals surface area contributed by atoms with Gasteiger partial charge in [-0.25, -0.2) is 4.98 Å². The van der Waals surface area contributed by atoms with Crippen LogP contribution in [-0.2, 0) is 4.74 Å². The number of nitrogens with one attached hydrogen (secondary N) is 1. The van der Waals surface area contributed by atoms with Crippen LogP contribution in [0.2, 0.25) is 0 Å². The molecule has 0 spiro atoms. The molecule has 1 aromatic carbocycles. The summed E-state index contributed by atoms with van der Waals surface area (Å²) < 4.78 is 16.9. The Bertz CT molecular complexity index is 919. The Balaban J connectivity index is 1.95. The summed E-state index contributed by atoms with van der Waals surface area (Å²) in [7, 11) is 1.55. The molecule has 0 saturated carbocycles. The van der Waals surface area contributed by atoms with E-state index >= 15 is 0 Å². The number of morpholine rings is 1. The molecule has 0 atom stereocenters. The lowest BCUT2D eigenvalue weighted by atomic mass is 10.1. The van der Waals surface area contributed by atoms with Crippen LogP contribution in [0, 0.1) is 11.3 Å². The number of nitrogens with zero attached hydrogens (tertiary/aromatic N) is 3. The average Bonchev–Trinajstić information content (AvgIpc) is 2.74. The van der Waals surface area contributed by atoms with Crippen LogP contribution < -0.4 is 15.0 Å². The zero-order valence-electron chi connectivity index (χ0n) is 15.9. The maximum absolute atomic E-state index is 12.3. The van der Waals surface area contributed by atoms with E-state index in [1.165, 1.54) is 11.8 Å². The minimum absolute atomic E-state index is 0.0518. The quantitative estimate of drug-likeness (QED) is 0.552. The van der Waals surface area contributed by atoms with Gasteiger partial charge in [0.05, 0.1) is 20.3 Å². The third-order valence-electron chi connectivity index (χ3n) is 4.41. The SMILES string of the molecule is COc1cccc(-c2nc(SC)[nH]c(=O)c2C#N)c1OCCN1CCOCC1. The summed E-state index contributed by atoms with van der Waals surface area (Å²) in [5.41, 5.74) is 0.318. The van der Waals surface area contributed by atoms with E-state index in [1.54, 1.807) is 31.6 Å². The molecule has 8 nitrogen and oxygen atoms in total. The Morgan fingerprint density at radius 3 is 2.86 bits per heavy atom. The maximum Gasteiger partial charge on any atom is 0.270 e. The van der Waals surface area contributed by atoms with E-state index in [9.17, 15) is 10.1 Å². The number of aromatic nitrogens is 2. The molecule has 148 valence electrons. The highest BCUT2D eigenvalue weighted by atomic mass is 32.2. The Hall–Kier alpha value is -2.54. The fourth-order valence-electron chi connectivity index (χ4n) is 2.96. The van der Waals surface area contributed by atoms with Crippen LogP contribution >= 0.6 is 11.8 Å². The number of aromatic amines is 1. The zero-order chi connectivity index (χ0) is 19.9. The molecule has 0 unspecified atom stereocenters. The van der Waals surface area contributed by atoms with Gasteiger partial charge in [-0.1, -0.05) is 17.8 Å². The first-order valence-electron chi connectivity index (χ1n) is 8.86. The lowest BCUT2D eigenvalue weighted by molar-refractivity contribution is 0.0321. The molecule has 1 fully saturated rings. The molecular weight excluding hydrogens is 380 g/mol. The molecular formula is C19H22N4O4S. The first kappa shape index (κ1) is 20.2. The molecule has 1 aliphatic rings. The Morgan fingerprint density at radius 2 is 2.18 bits per heavy atom. The Labute approximate surface area is 167 Å². The van der Waals surface area contributed by atoms with Crippen molar-refractivity contribution in [1.29, 1.82) is 5.26 Å². The number of H-pyrrole nitrogens is 1. The predicted molar refractivity (Wildman–Crippen MR) is 106 cm³/mol. The second-order valence-electron chi connectivity index (χ2n) is 6.05. The molecule has 28 heavy (non-hydrogen) atoms. The van der Waals surface area contributed by atoms with Gasteiger partial charge >= 0.3 is 0 Å². The molecule has 0 radical (unpaired) electrons. The average molecular weight is 402 g/mol. The maximum atomic E-state index is 12.3. The van der Waals surface area contributed by atoms with Gasteiger partial charge in [-0.15, -0.1) is 0 Å². The van der Waals surface area contributed by atoms with E-state index < -0.39 is 5.56 Å². The van der Waals surface area contributed by atoms with Crippen molar-refractivity contribution in [3.8, 4) is 28.8 Å². The topological polar surface area (TPSA) is 100 Å². The highest BCUT2D eigenvalue weighted by molar-refractivity contribution is 7.98. The van der Waals surface area contributed by atoms with Crippen molar-refractivity contribution >= 4 is 11.8 Å². The molecule has 1 aliphatic heterocycles. The summed E-state index contributed by atoms with van der Waals surface area (Å²) in [4.78, 5) is 21.6. The first-order chi connectivity index (χ1) is 13.7. The standard InChI is InChI=1S/C19H22N4O4S/c1-25-15-5-3-4-13(16-14(12-20)18(24)22-19(21-16)28-2)17(15)27-11-8-23-6-9-26-10-7-23/h3-5H,6-11H2,1-2H3,(H,21,22,24). The molecule has 0 amide bonds. The van der Waals surface area contributed by atoms with Crippen molar-refractivity contribution < 1.29 is 14.2 Å². The molecule has 0 aliphatic carbocycles. The highest BCUT2D eigenvalue weighted by Crippen LogP contribution is 2.38. The number of hydrogen-bond acceptors (Lipinski definition) is 8. The lowest BCUT2D eigenvalue weighted by Crippen LogP contribution is -2.38. The van der Waals surface area contributed by atoms with Crippen LogP contribution in [0.1, 0.15) is 5.56 Å². The summed E-state index contributed by atoms with van der Waals surface area (Å²) in [5, 5.41) is 9.91. The lowest BCUT2D eigenvalue weighted by Gasteiger charge is -2.26. The number of methoxy groups -OCH3 is 1. The molecule has 1 aromatic heterocycles. The normalized spacial score (nSPS) is 14.5. The minimum Gasteiger partial charge on any atom is -0.493 e. The van der Waals surface area contributed by atoms with Crippen LogP contribution in [0.15, 0.2) is 28.2 Å². The number of thioether (sulfide) groups is 1. The van der Waals surface area contributed by atoms with Crippen LogP contribution in [0.4, 0.5) is 0 Å². The molecule has 2 heterocycles. The highest BCUT2D eigenvalue weighted by Gasteiger charge is 2.20. The van der Waals surface area contributed by atoms with Crippen LogP contribution in [0.5, 0.6) is 11.5 Å². The number of benzene rings is 1. The molecule has 1 N–H and O–H groups in total. The predicted octanol–water partition coefficient (Wildman–Crippen LogP) is 1.75. The van der Waals surface area contributed by atoms with Gasteiger partial charge in [0.1, 0.15) is 23.9 Å². The fraction of sp³-hybridized carbons (Fsp3) is 0.421. The molecule has 2 aromatic rings. The van der Waals surface area contributed by atoms with Crippen molar-refractivity contribution in [3.05, 3.63) is 34.1 Å². The minimum atomic E-state index is -0.473. The summed E-state index contributed by atoms with van der Waals surface area (Å²) in [6.07, 6.45) is 1.80. The second-order valence-corrected chi connectivity index (χ2v) is 6.84. The van der Waals surface area contributed by atoms with Gasteiger partial charge in [0.2, 0.25) is 0 Å².